The van der Waals surface area contributed by atoms with Crippen molar-refractivity contribution in [3.8, 4) is 0 Å². The van der Waals surface area contributed by atoms with E-state index < -0.39 is 29.6 Å². The number of carbonyl (C=O) groups excluding carboxylic acids is 3. The van der Waals surface area contributed by atoms with Gasteiger partial charge in [-0.05, 0) is 44.9 Å². The van der Waals surface area contributed by atoms with Crippen LogP contribution in [0.5, 0.6) is 0 Å². The second-order valence-corrected chi connectivity index (χ2v) is 6.67. The Morgan fingerprint density at radius 1 is 1.19 bits per heavy atom. The number of rotatable bonds is 11. The molecule has 1 unspecified atom stereocenters. The molecule has 1 aliphatic rings. The maximum atomic E-state index is 12.8. The van der Waals surface area contributed by atoms with Crippen LogP contribution in [0.4, 0.5) is 0 Å². The van der Waals surface area contributed by atoms with Gasteiger partial charge < -0.3 is 14.6 Å². The summed E-state index contributed by atoms with van der Waals surface area (Å²) in [5.41, 5.74) is -0.837. The summed E-state index contributed by atoms with van der Waals surface area (Å²) in [7, 11) is 0. The SMILES string of the molecule is C=CCC(CC)(CCOC(=O)CC(=O)C(=O)O)C(=O)OC1CCCCC1. The summed E-state index contributed by atoms with van der Waals surface area (Å²) in [6.45, 7) is 5.47. The average molecular weight is 368 g/mol. The average Bonchev–Trinajstić information content (AvgIpc) is 2.61. The molecule has 0 aliphatic heterocycles. The number of carbonyl (C=O) groups is 4. The smallest absolute Gasteiger partial charge is 0.372 e. The molecule has 1 rings (SSSR count). The number of ether oxygens (including phenoxy) is 2. The summed E-state index contributed by atoms with van der Waals surface area (Å²) in [6.07, 6.45) is 6.86. The lowest BCUT2D eigenvalue weighted by Gasteiger charge is -2.32. The van der Waals surface area contributed by atoms with Crippen LogP contribution in [-0.2, 0) is 28.7 Å². The Balaban J connectivity index is 2.61. The summed E-state index contributed by atoms with van der Waals surface area (Å²) >= 11 is 0. The van der Waals surface area contributed by atoms with Gasteiger partial charge in [-0.25, -0.2) is 4.79 Å². The molecule has 26 heavy (non-hydrogen) atoms. The predicted molar refractivity (Wildman–Crippen MR) is 93.3 cm³/mol. The van der Waals surface area contributed by atoms with E-state index in [9.17, 15) is 19.2 Å². The second kappa shape index (κ2) is 10.7. The van der Waals surface area contributed by atoms with Crippen molar-refractivity contribution in [3.63, 3.8) is 0 Å². The van der Waals surface area contributed by atoms with Crippen LogP contribution in [0.15, 0.2) is 12.7 Å². The maximum Gasteiger partial charge on any atom is 0.372 e. The Labute approximate surface area is 153 Å². The molecular formula is C19H28O7. The first-order chi connectivity index (χ1) is 12.3. The fourth-order valence-electron chi connectivity index (χ4n) is 3.11. The molecule has 146 valence electrons. The molecule has 0 saturated heterocycles. The number of hydrogen-bond donors (Lipinski definition) is 1. The van der Waals surface area contributed by atoms with Crippen molar-refractivity contribution in [2.75, 3.05) is 6.61 Å². The lowest BCUT2D eigenvalue weighted by atomic mass is 9.78. The molecule has 1 fully saturated rings. The Kier molecular flexibility index (Phi) is 9.02. The molecule has 0 aromatic rings. The van der Waals surface area contributed by atoms with Crippen LogP contribution in [0.3, 0.4) is 0 Å². The maximum absolute atomic E-state index is 12.8. The standard InChI is InChI=1S/C19H28O7/c1-3-10-19(4-2,18(24)26-14-8-6-5-7-9-14)11-12-25-16(21)13-15(20)17(22)23/h3,14H,1,4-13H2,2H3,(H,22,23). The van der Waals surface area contributed by atoms with E-state index in [4.69, 9.17) is 14.6 Å². The third-order valence-corrected chi connectivity index (χ3v) is 4.86. The number of carboxylic acid groups (broad SMARTS) is 1. The van der Waals surface area contributed by atoms with Gasteiger partial charge in [0.05, 0.1) is 12.0 Å². The summed E-state index contributed by atoms with van der Waals surface area (Å²) < 4.78 is 10.6. The summed E-state index contributed by atoms with van der Waals surface area (Å²) in [4.78, 5) is 45.8. The highest BCUT2D eigenvalue weighted by Crippen LogP contribution is 2.35. The number of ketones is 1. The molecule has 0 aromatic heterocycles. The van der Waals surface area contributed by atoms with Gasteiger partial charge in [-0.2, -0.15) is 0 Å². The predicted octanol–water partition coefficient (Wildman–Crippen LogP) is 2.81. The minimum atomic E-state index is -1.67. The van der Waals surface area contributed by atoms with E-state index in [-0.39, 0.29) is 25.1 Å². The highest BCUT2D eigenvalue weighted by molar-refractivity contribution is 6.35. The van der Waals surface area contributed by atoms with Crippen molar-refractivity contribution in [2.45, 2.75) is 70.8 Å². The van der Waals surface area contributed by atoms with Crippen molar-refractivity contribution >= 4 is 23.7 Å². The zero-order chi connectivity index (χ0) is 19.6. The second-order valence-electron chi connectivity index (χ2n) is 6.67. The van der Waals surface area contributed by atoms with Gasteiger partial charge in [0.15, 0.2) is 0 Å². The van der Waals surface area contributed by atoms with Gasteiger partial charge in [-0.15, -0.1) is 6.58 Å². The number of allylic oxidation sites excluding steroid dienone is 1. The molecule has 0 heterocycles. The van der Waals surface area contributed by atoms with Crippen LogP contribution in [0.25, 0.3) is 0 Å². The van der Waals surface area contributed by atoms with Crippen LogP contribution in [-0.4, -0.2) is 41.5 Å². The van der Waals surface area contributed by atoms with Gasteiger partial charge >= 0.3 is 17.9 Å². The molecule has 0 amide bonds. The third-order valence-electron chi connectivity index (χ3n) is 4.86. The van der Waals surface area contributed by atoms with Gasteiger partial charge in [0.25, 0.3) is 5.78 Å². The third kappa shape index (κ3) is 6.61. The minimum absolute atomic E-state index is 0.0669. The fourth-order valence-corrected chi connectivity index (χ4v) is 3.11. The fraction of sp³-hybridized carbons (Fsp3) is 0.684. The zero-order valence-electron chi connectivity index (χ0n) is 15.3. The highest BCUT2D eigenvalue weighted by Gasteiger charge is 2.38. The van der Waals surface area contributed by atoms with E-state index in [0.29, 0.717) is 12.8 Å². The van der Waals surface area contributed by atoms with E-state index in [1.165, 1.54) is 0 Å². The molecular weight excluding hydrogens is 340 g/mol. The summed E-state index contributed by atoms with van der Waals surface area (Å²) in [6, 6.07) is 0. The molecule has 1 saturated carbocycles. The van der Waals surface area contributed by atoms with Crippen LogP contribution in [0, 0.1) is 5.41 Å². The van der Waals surface area contributed by atoms with Gasteiger partial charge in [0.1, 0.15) is 12.5 Å². The molecule has 0 spiro atoms. The first-order valence-corrected chi connectivity index (χ1v) is 9.08. The largest absolute Gasteiger partial charge is 0.475 e. The quantitative estimate of drug-likeness (QED) is 0.259. The number of aliphatic carboxylic acids is 1. The number of esters is 2. The van der Waals surface area contributed by atoms with Crippen LogP contribution in [0.1, 0.15) is 64.7 Å². The Morgan fingerprint density at radius 2 is 1.85 bits per heavy atom. The molecule has 7 nitrogen and oxygen atoms in total. The van der Waals surface area contributed by atoms with Crippen LogP contribution in [0.2, 0.25) is 0 Å². The lowest BCUT2D eigenvalue weighted by molar-refractivity contribution is -0.166. The molecule has 1 atom stereocenters. The first kappa shape index (κ1) is 21.9. The van der Waals surface area contributed by atoms with Gasteiger partial charge in [0, 0.05) is 0 Å². The normalized spacial score (nSPS) is 17.0. The van der Waals surface area contributed by atoms with E-state index in [1.54, 1.807) is 6.08 Å². The molecule has 0 aromatic carbocycles. The van der Waals surface area contributed by atoms with Crippen molar-refractivity contribution in [2.24, 2.45) is 5.41 Å². The van der Waals surface area contributed by atoms with E-state index in [2.05, 4.69) is 6.58 Å². The molecule has 0 radical (unpaired) electrons. The van der Waals surface area contributed by atoms with Crippen molar-refractivity contribution in [3.05, 3.63) is 12.7 Å². The number of hydrogen-bond acceptors (Lipinski definition) is 6. The molecule has 7 heteroatoms. The van der Waals surface area contributed by atoms with E-state index >= 15 is 0 Å². The van der Waals surface area contributed by atoms with Crippen molar-refractivity contribution in [1.29, 1.82) is 0 Å². The van der Waals surface area contributed by atoms with Gasteiger partial charge in [0.2, 0.25) is 0 Å². The highest BCUT2D eigenvalue weighted by atomic mass is 16.5. The van der Waals surface area contributed by atoms with Crippen LogP contribution < -0.4 is 0 Å². The summed E-state index contributed by atoms with van der Waals surface area (Å²) in [5.74, 6) is -4.13. The van der Waals surface area contributed by atoms with Crippen LogP contribution >= 0.6 is 0 Å². The topological polar surface area (TPSA) is 107 Å². The van der Waals surface area contributed by atoms with Crippen molar-refractivity contribution < 1.29 is 33.8 Å². The molecule has 1 N–H and O–H groups in total. The molecule has 0 bridgehead atoms. The van der Waals surface area contributed by atoms with E-state index in [1.807, 2.05) is 6.92 Å². The van der Waals surface area contributed by atoms with Gasteiger partial charge in [-0.3, -0.25) is 14.4 Å². The minimum Gasteiger partial charge on any atom is -0.475 e. The monoisotopic (exact) mass is 368 g/mol. The lowest BCUT2D eigenvalue weighted by Crippen LogP contribution is -2.36. The number of Topliss-reactive ketones (excluding diaryl/α,β-unsaturated/α-hetero) is 1. The summed E-state index contributed by atoms with van der Waals surface area (Å²) in [5, 5.41) is 8.49. The van der Waals surface area contributed by atoms with E-state index in [0.717, 1.165) is 32.1 Å². The Hall–Kier alpha value is -2.18. The Morgan fingerprint density at radius 3 is 2.38 bits per heavy atom. The van der Waals surface area contributed by atoms with Gasteiger partial charge in [-0.1, -0.05) is 19.4 Å². The molecule has 1 aliphatic carbocycles. The number of carboxylic acids is 1. The Bertz CT molecular complexity index is 534. The zero-order valence-corrected chi connectivity index (χ0v) is 15.3. The van der Waals surface area contributed by atoms with Crippen molar-refractivity contribution in [1.82, 2.24) is 0 Å². The first-order valence-electron chi connectivity index (χ1n) is 9.08.